The maximum atomic E-state index is 12.8. The third-order valence-electron chi connectivity index (χ3n) is 5.52. The predicted molar refractivity (Wildman–Crippen MR) is 105 cm³/mol. The molecule has 0 aromatic rings. The highest BCUT2D eigenvalue weighted by Gasteiger charge is 2.46. The van der Waals surface area contributed by atoms with Crippen LogP contribution >= 0.6 is 0 Å². The fourth-order valence-corrected chi connectivity index (χ4v) is 4.67. The second-order valence-electron chi connectivity index (χ2n) is 8.73. The fourth-order valence-electron chi connectivity index (χ4n) is 4.09. The summed E-state index contributed by atoms with van der Waals surface area (Å²) in [5.74, 6) is -1.76. The summed E-state index contributed by atoms with van der Waals surface area (Å²) in [6, 6.07) is -0.677. The molecule has 0 radical (unpaired) electrons. The maximum Gasteiger partial charge on any atom is 0.512 e. The fraction of sp³-hybridized carbons (Fsp3) is 0.842. The molecular formula is C19H31NO9S. The highest BCUT2D eigenvalue weighted by molar-refractivity contribution is 7.85. The standard InChI is InChI=1S/C19H31NO9S/c1-12(21)20-14(9-10-30(24,25)26)11-19(2,3)15-16(22)28-17(29-18(23)27-15)13-7-5-4-6-8-13/h13-15,17H,4-11H2,1-3H3,(H,20,21)(H,24,25,26)/t14?,15-,17?/m0/s1. The van der Waals surface area contributed by atoms with Crippen molar-refractivity contribution in [3.63, 3.8) is 0 Å². The minimum absolute atomic E-state index is 0.0704. The van der Waals surface area contributed by atoms with Gasteiger partial charge in [0.1, 0.15) is 0 Å². The first-order valence-electron chi connectivity index (χ1n) is 10.2. The topological polar surface area (TPSA) is 145 Å². The molecule has 1 heterocycles. The van der Waals surface area contributed by atoms with Gasteiger partial charge in [-0.05, 0) is 25.7 Å². The van der Waals surface area contributed by atoms with E-state index in [0.717, 1.165) is 32.1 Å². The third-order valence-corrected chi connectivity index (χ3v) is 6.27. The smallest absolute Gasteiger partial charge is 0.422 e. The number of amides is 1. The van der Waals surface area contributed by atoms with Crippen LogP contribution in [0.5, 0.6) is 0 Å². The van der Waals surface area contributed by atoms with Crippen LogP contribution in [0.25, 0.3) is 0 Å². The lowest BCUT2D eigenvalue weighted by molar-refractivity contribution is -0.179. The Hall–Kier alpha value is -1.88. The Morgan fingerprint density at radius 1 is 1.17 bits per heavy atom. The van der Waals surface area contributed by atoms with E-state index < -0.39 is 57.8 Å². The van der Waals surface area contributed by atoms with Crippen LogP contribution in [0.2, 0.25) is 0 Å². The van der Waals surface area contributed by atoms with Crippen LogP contribution in [0.3, 0.4) is 0 Å². The van der Waals surface area contributed by atoms with E-state index in [4.69, 9.17) is 18.8 Å². The number of hydrogen-bond donors (Lipinski definition) is 2. The average molecular weight is 450 g/mol. The maximum absolute atomic E-state index is 12.8. The summed E-state index contributed by atoms with van der Waals surface area (Å²) < 4.78 is 47.1. The van der Waals surface area contributed by atoms with Crippen molar-refractivity contribution in [3.05, 3.63) is 0 Å². The number of hydrogen-bond acceptors (Lipinski definition) is 8. The van der Waals surface area contributed by atoms with Crippen LogP contribution < -0.4 is 5.32 Å². The van der Waals surface area contributed by atoms with Crippen molar-refractivity contribution < 1.29 is 41.6 Å². The molecule has 3 atom stereocenters. The Bertz CT molecular complexity index is 743. The van der Waals surface area contributed by atoms with E-state index >= 15 is 0 Å². The first-order chi connectivity index (χ1) is 13.9. The normalized spacial score (nSPS) is 24.8. The Kier molecular flexibility index (Phi) is 8.09. The van der Waals surface area contributed by atoms with E-state index in [1.807, 2.05) is 0 Å². The second kappa shape index (κ2) is 9.95. The molecule has 2 rings (SSSR count). The van der Waals surface area contributed by atoms with Gasteiger partial charge in [0.05, 0.1) is 5.75 Å². The van der Waals surface area contributed by atoms with E-state index in [1.165, 1.54) is 6.92 Å². The Morgan fingerprint density at radius 3 is 2.37 bits per heavy atom. The Labute approximate surface area is 176 Å². The summed E-state index contributed by atoms with van der Waals surface area (Å²) in [6.07, 6.45) is 1.36. The number of carbonyl (C=O) groups excluding carboxylic acids is 3. The van der Waals surface area contributed by atoms with E-state index in [2.05, 4.69) is 5.32 Å². The molecule has 11 heteroatoms. The van der Waals surface area contributed by atoms with Gasteiger partial charge in [-0.2, -0.15) is 8.42 Å². The predicted octanol–water partition coefficient (Wildman–Crippen LogP) is 2.17. The van der Waals surface area contributed by atoms with Crippen molar-refractivity contribution in [1.82, 2.24) is 5.32 Å². The van der Waals surface area contributed by atoms with Gasteiger partial charge in [-0.25, -0.2) is 9.59 Å². The minimum Gasteiger partial charge on any atom is -0.422 e. The molecule has 1 aliphatic heterocycles. The van der Waals surface area contributed by atoms with E-state index in [0.29, 0.717) is 0 Å². The van der Waals surface area contributed by atoms with Crippen molar-refractivity contribution in [2.75, 3.05) is 5.75 Å². The first kappa shape index (κ1) is 24.4. The molecule has 10 nitrogen and oxygen atoms in total. The van der Waals surface area contributed by atoms with Crippen molar-refractivity contribution in [2.45, 2.75) is 84.2 Å². The molecule has 2 aliphatic rings. The Morgan fingerprint density at radius 2 is 1.80 bits per heavy atom. The van der Waals surface area contributed by atoms with Crippen molar-refractivity contribution in [1.29, 1.82) is 0 Å². The lowest BCUT2D eigenvalue weighted by atomic mass is 9.79. The molecule has 2 N–H and O–H groups in total. The SMILES string of the molecule is CC(=O)NC(CCS(=O)(=O)O)CC(C)(C)[C@H]1OC(=O)OC(C2CCCCC2)OC1=O. The van der Waals surface area contributed by atoms with Gasteiger partial charge in [-0.15, -0.1) is 0 Å². The van der Waals surface area contributed by atoms with Gasteiger partial charge < -0.3 is 19.5 Å². The van der Waals surface area contributed by atoms with Crippen LogP contribution in [-0.2, 0) is 33.9 Å². The largest absolute Gasteiger partial charge is 0.512 e. The van der Waals surface area contributed by atoms with Gasteiger partial charge in [0.25, 0.3) is 16.4 Å². The number of ether oxygens (including phenoxy) is 3. The lowest BCUT2D eigenvalue weighted by Gasteiger charge is -2.34. The molecule has 1 saturated carbocycles. The molecule has 1 amide bonds. The Balaban J connectivity index is 2.12. The van der Waals surface area contributed by atoms with Crippen LogP contribution in [-0.4, -0.2) is 55.2 Å². The minimum atomic E-state index is -4.23. The molecule has 0 aromatic carbocycles. The van der Waals surface area contributed by atoms with Gasteiger partial charge in [0.2, 0.25) is 12.0 Å². The number of nitrogens with one attached hydrogen (secondary N) is 1. The molecular weight excluding hydrogens is 418 g/mol. The summed E-state index contributed by atoms with van der Waals surface area (Å²) >= 11 is 0. The first-order valence-corrected chi connectivity index (χ1v) is 11.8. The number of rotatable bonds is 8. The third kappa shape index (κ3) is 7.42. The molecule has 2 fully saturated rings. The molecule has 0 bridgehead atoms. The van der Waals surface area contributed by atoms with Crippen molar-refractivity contribution in [3.8, 4) is 0 Å². The molecule has 1 saturated heterocycles. The van der Waals surface area contributed by atoms with Gasteiger partial charge in [0.15, 0.2) is 0 Å². The van der Waals surface area contributed by atoms with E-state index in [-0.39, 0.29) is 18.8 Å². The number of cyclic esters (lactones) is 3. The number of esters is 1. The summed E-state index contributed by atoms with van der Waals surface area (Å²) in [7, 11) is -4.23. The van der Waals surface area contributed by atoms with E-state index in [1.54, 1.807) is 13.8 Å². The zero-order valence-corrected chi connectivity index (χ0v) is 18.4. The highest BCUT2D eigenvalue weighted by atomic mass is 32.2. The molecule has 172 valence electrons. The monoisotopic (exact) mass is 449 g/mol. The molecule has 0 spiro atoms. The molecule has 0 aromatic heterocycles. The van der Waals surface area contributed by atoms with Crippen LogP contribution in [0.1, 0.15) is 65.7 Å². The molecule has 1 aliphatic carbocycles. The van der Waals surface area contributed by atoms with Crippen LogP contribution in [0.4, 0.5) is 4.79 Å². The number of carbonyl (C=O) groups is 3. The molecule has 2 unspecified atom stereocenters. The second-order valence-corrected chi connectivity index (χ2v) is 10.3. The zero-order valence-electron chi connectivity index (χ0n) is 17.6. The summed E-state index contributed by atoms with van der Waals surface area (Å²) in [5.41, 5.74) is -1.01. The van der Waals surface area contributed by atoms with Crippen LogP contribution in [0, 0.1) is 11.3 Å². The van der Waals surface area contributed by atoms with Crippen molar-refractivity contribution in [2.24, 2.45) is 11.3 Å². The lowest BCUT2D eigenvalue weighted by Crippen LogP contribution is -2.46. The average Bonchev–Trinajstić information content (AvgIpc) is 2.78. The van der Waals surface area contributed by atoms with Gasteiger partial charge >= 0.3 is 12.1 Å². The quantitative estimate of drug-likeness (QED) is 0.420. The van der Waals surface area contributed by atoms with Gasteiger partial charge in [-0.3, -0.25) is 9.35 Å². The summed E-state index contributed by atoms with van der Waals surface area (Å²) in [6.45, 7) is 4.57. The van der Waals surface area contributed by atoms with Gasteiger partial charge in [-0.1, -0.05) is 33.1 Å². The highest BCUT2D eigenvalue weighted by Crippen LogP contribution is 2.36. The van der Waals surface area contributed by atoms with Crippen molar-refractivity contribution >= 4 is 28.1 Å². The summed E-state index contributed by atoms with van der Waals surface area (Å²) in [4.78, 5) is 36.5. The summed E-state index contributed by atoms with van der Waals surface area (Å²) in [5, 5.41) is 2.61. The van der Waals surface area contributed by atoms with E-state index in [9.17, 15) is 22.8 Å². The van der Waals surface area contributed by atoms with Gasteiger partial charge in [0, 0.05) is 24.3 Å². The zero-order chi connectivity index (χ0) is 22.5. The van der Waals surface area contributed by atoms with Crippen LogP contribution in [0.15, 0.2) is 0 Å². The molecule has 30 heavy (non-hydrogen) atoms.